The number of hydrogen-bond donors (Lipinski definition) is 1. The molecule has 0 aliphatic carbocycles. The maximum atomic E-state index is 12.2. The summed E-state index contributed by atoms with van der Waals surface area (Å²) in [5.74, 6) is -0.459. The average molecular weight is 389 g/mol. The maximum absolute atomic E-state index is 12.2. The molecule has 0 saturated carbocycles. The molecule has 2 aromatic heterocycles. The van der Waals surface area contributed by atoms with Gasteiger partial charge in [-0.25, -0.2) is 4.98 Å². The Morgan fingerprint density at radius 3 is 2.43 bits per heavy atom. The van der Waals surface area contributed by atoms with Crippen LogP contribution in [0.1, 0.15) is 15.9 Å². The lowest BCUT2D eigenvalue weighted by Crippen LogP contribution is -2.17. The van der Waals surface area contributed by atoms with Crippen LogP contribution >= 0.6 is 0 Å². The van der Waals surface area contributed by atoms with Crippen LogP contribution in [0.4, 0.5) is 13.2 Å². The number of aryl methyl sites for hydroxylation is 1. The molecular weight excluding hydrogens is 375 g/mol. The zero-order chi connectivity index (χ0) is 20.3. The van der Waals surface area contributed by atoms with Crippen LogP contribution < -0.4 is 15.2 Å². The Labute approximate surface area is 157 Å². The number of carbonyl (C=O) groups excluding carboxylic acids is 1. The summed E-state index contributed by atoms with van der Waals surface area (Å²) in [4.78, 5) is 19.2. The maximum Gasteiger partial charge on any atom is 0.574 e. The van der Waals surface area contributed by atoms with Gasteiger partial charge >= 0.3 is 6.36 Å². The fourth-order valence-corrected chi connectivity index (χ4v) is 2.47. The number of ether oxygens (including phenoxy) is 2. The van der Waals surface area contributed by atoms with E-state index in [-0.39, 0.29) is 5.75 Å². The van der Waals surface area contributed by atoms with Gasteiger partial charge in [0.2, 0.25) is 11.8 Å². The summed E-state index contributed by atoms with van der Waals surface area (Å²) in [6, 6.07) is 10.7. The fourth-order valence-electron chi connectivity index (χ4n) is 2.47. The lowest BCUT2D eigenvalue weighted by Gasteiger charge is -2.10. The number of hydrogen-bond acceptors (Lipinski definition) is 5. The Bertz CT molecular complexity index is 1010. The van der Waals surface area contributed by atoms with E-state index in [1.165, 1.54) is 12.3 Å². The van der Waals surface area contributed by atoms with Gasteiger partial charge in [-0.3, -0.25) is 9.78 Å². The van der Waals surface area contributed by atoms with Crippen molar-refractivity contribution < 1.29 is 27.4 Å². The SMILES string of the molecule is Cc1cc(-c2cc(Oc3ccc(OC(F)(F)F)nc3)ccn2)ccc1C(N)=O. The first-order valence-electron chi connectivity index (χ1n) is 7.98. The van der Waals surface area contributed by atoms with Crippen molar-refractivity contribution in [3.63, 3.8) is 0 Å². The van der Waals surface area contributed by atoms with Crippen molar-refractivity contribution in [3.8, 4) is 28.6 Å². The predicted octanol–water partition coefficient (Wildman–Crippen LogP) is 4.24. The topological polar surface area (TPSA) is 87.3 Å². The van der Waals surface area contributed by atoms with Gasteiger partial charge in [-0.2, -0.15) is 0 Å². The molecule has 0 bridgehead atoms. The van der Waals surface area contributed by atoms with E-state index in [2.05, 4.69) is 14.7 Å². The highest BCUT2D eigenvalue weighted by molar-refractivity contribution is 5.94. The lowest BCUT2D eigenvalue weighted by atomic mass is 10.0. The standard InChI is InChI=1S/C19H14F3N3O3/c1-11-8-12(2-4-15(11)18(23)26)16-9-13(6-7-24-16)27-14-3-5-17(25-10-14)28-19(20,21)22/h2-10H,1H3,(H2,23,26). The molecule has 144 valence electrons. The molecule has 0 radical (unpaired) electrons. The third kappa shape index (κ3) is 4.76. The van der Waals surface area contributed by atoms with Crippen LogP contribution in [-0.4, -0.2) is 22.2 Å². The van der Waals surface area contributed by atoms with Crippen LogP contribution in [0, 0.1) is 6.92 Å². The number of rotatable bonds is 5. The summed E-state index contributed by atoms with van der Waals surface area (Å²) in [6.45, 7) is 1.76. The molecule has 0 aliphatic heterocycles. The monoisotopic (exact) mass is 389 g/mol. The molecule has 1 amide bonds. The summed E-state index contributed by atoms with van der Waals surface area (Å²) >= 11 is 0. The Balaban J connectivity index is 1.78. The zero-order valence-electron chi connectivity index (χ0n) is 14.5. The summed E-state index contributed by atoms with van der Waals surface area (Å²) in [6.07, 6.45) is -2.17. The number of benzene rings is 1. The molecule has 0 atom stereocenters. The van der Waals surface area contributed by atoms with Crippen LogP contribution in [-0.2, 0) is 0 Å². The molecule has 3 rings (SSSR count). The fraction of sp³-hybridized carbons (Fsp3) is 0.105. The number of primary amides is 1. The highest BCUT2D eigenvalue weighted by Gasteiger charge is 2.31. The average Bonchev–Trinajstić information content (AvgIpc) is 2.62. The third-order valence-corrected chi connectivity index (χ3v) is 3.68. The molecule has 1 aromatic carbocycles. The quantitative estimate of drug-likeness (QED) is 0.705. The molecule has 2 heterocycles. The van der Waals surface area contributed by atoms with Gasteiger partial charge in [-0.15, -0.1) is 13.2 Å². The number of pyridine rings is 2. The second-order valence-electron chi connectivity index (χ2n) is 5.75. The minimum atomic E-state index is -4.81. The van der Waals surface area contributed by atoms with E-state index in [1.54, 1.807) is 37.3 Å². The number of nitrogens with zero attached hydrogens (tertiary/aromatic N) is 2. The van der Waals surface area contributed by atoms with Gasteiger partial charge in [0.05, 0.1) is 11.9 Å². The van der Waals surface area contributed by atoms with Crippen LogP contribution in [0.5, 0.6) is 17.4 Å². The van der Waals surface area contributed by atoms with E-state index in [4.69, 9.17) is 10.5 Å². The number of nitrogens with two attached hydrogens (primary N) is 1. The third-order valence-electron chi connectivity index (χ3n) is 3.68. The molecule has 0 saturated heterocycles. The molecule has 0 spiro atoms. The zero-order valence-corrected chi connectivity index (χ0v) is 14.5. The van der Waals surface area contributed by atoms with Crippen molar-refractivity contribution in [3.05, 3.63) is 66.0 Å². The van der Waals surface area contributed by atoms with Crippen molar-refractivity contribution >= 4 is 5.91 Å². The minimum absolute atomic E-state index is 0.229. The summed E-state index contributed by atoms with van der Waals surface area (Å²) < 4.78 is 45.8. The molecule has 0 unspecified atom stereocenters. The molecule has 3 aromatic rings. The second kappa shape index (κ2) is 7.55. The van der Waals surface area contributed by atoms with Gasteiger partial charge in [0.25, 0.3) is 0 Å². The largest absolute Gasteiger partial charge is 0.574 e. The van der Waals surface area contributed by atoms with E-state index in [0.717, 1.165) is 17.8 Å². The van der Waals surface area contributed by atoms with Crippen LogP contribution in [0.15, 0.2) is 54.9 Å². The van der Waals surface area contributed by atoms with Crippen LogP contribution in [0.25, 0.3) is 11.3 Å². The van der Waals surface area contributed by atoms with E-state index in [0.29, 0.717) is 22.6 Å². The molecule has 0 fully saturated rings. The summed E-state index contributed by atoms with van der Waals surface area (Å²) in [5, 5.41) is 0. The van der Waals surface area contributed by atoms with Gasteiger partial charge in [0.15, 0.2) is 0 Å². The number of alkyl halides is 3. The lowest BCUT2D eigenvalue weighted by molar-refractivity contribution is -0.276. The van der Waals surface area contributed by atoms with Crippen molar-refractivity contribution in [2.45, 2.75) is 13.3 Å². The van der Waals surface area contributed by atoms with E-state index in [1.807, 2.05) is 0 Å². The number of halogens is 3. The van der Waals surface area contributed by atoms with Crippen LogP contribution in [0.3, 0.4) is 0 Å². The molecule has 0 aliphatic rings. The number of aromatic nitrogens is 2. The minimum Gasteiger partial charge on any atom is -0.456 e. The molecular formula is C19H14F3N3O3. The summed E-state index contributed by atoms with van der Waals surface area (Å²) in [7, 11) is 0. The van der Waals surface area contributed by atoms with Gasteiger partial charge in [0.1, 0.15) is 11.5 Å². The molecule has 28 heavy (non-hydrogen) atoms. The van der Waals surface area contributed by atoms with Crippen LogP contribution in [0.2, 0.25) is 0 Å². The van der Waals surface area contributed by atoms with Crippen molar-refractivity contribution in [2.75, 3.05) is 0 Å². The summed E-state index contributed by atoms with van der Waals surface area (Å²) in [5.41, 5.74) is 7.77. The normalized spacial score (nSPS) is 11.1. The molecule has 9 heteroatoms. The van der Waals surface area contributed by atoms with E-state index in [9.17, 15) is 18.0 Å². The van der Waals surface area contributed by atoms with Crippen molar-refractivity contribution in [2.24, 2.45) is 5.73 Å². The van der Waals surface area contributed by atoms with E-state index >= 15 is 0 Å². The second-order valence-corrected chi connectivity index (χ2v) is 5.75. The molecule has 6 nitrogen and oxygen atoms in total. The first-order chi connectivity index (χ1) is 13.2. The van der Waals surface area contributed by atoms with Gasteiger partial charge < -0.3 is 15.2 Å². The first-order valence-corrected chi connectivity index (χ1v) is 7.98. The van der Waals surface area contributed by atoms with Gasteiger partial charge in [0, 0.05) is 29.5 Å². The van der Waals surface area contributed by atoms with Crippen molar-refractivity contribution in [1.82, 2.24) is 9.97 Å². The highest BCUT2D eigenvalue weighted by Crippen LogP contribution is 2.28. The Morgan fingerprint density at radius 1 is 1.04 bits per heavy atom. The smallest absolute Gasteiger partial charge is 0.456 e. The predicted molar refractivity (Wildman–Crippen MR) is 93.9 cm³/mol. The van der Waals surface area contributed by atoms with Crippen molar-refractivity contribution in [1.29, 1.82) is 0 Å². The Hall–Kier alpha value is -3.62. The van der Waals surface area contributed by atoms with Gasteiger partial charge in [-0.1, -0.05) is 6.07 Å². The Morgan fingerprint density at radius 2 is 1.82 bits per heavy atom. The highest BCUT2D eigenvalue weighted by atomic mass is 19.4. The first kappa shape index (κ1) is 19.2. The van der Waals surface area contributed by atoms with E-state index < -0.39 is 18.1 Å². The number of carbonyl (C=O) groups is 1. The Kier molecular flexibility index (Phi) is 5.16. The van der Waals surface area contributed by atoms with Gasteiger partial charge in [-0.05, 0) is 36.8 Å². The number of amides is 1. The molecule has 2 N–H and O–H groups in total.